The van der Waals surface area contributed by atoms with E-state index in [2.05, 4.69) is 94.2 Å². The van der Waals surface area contributed by atoms with Crippen molar-refractivity contribution in [2.45, 2.75) is 46.5 Å². The lowest BCUT2D eigenvalue weighted by atomic mass is 9.86. The summed E-state index contributed by atoms with van der Waals surface area (Å²) in [6, 6.07) is 20.0. The van der Waals surface area contributed by atoms with Crippen LogP contribution in [0.25, 0.3) is 32.8 Å². The van der Waals surface area contributed by atoms with Crippen LogP contribution in [0.15, 0.2) is 60.8 Å². The Morgan fingerprint density at radius 3 is 2.11 bits per heavy atom. The fraction of sp³-hybridized carbons (Fsp3) is 0.269. The molecule has 0 spiro atoms. The first-order valence-electron chi connectivity index (χ1n) is 9.88. The average Bonchev–Trinajstić information content (AvgIpc) is 2.67. The van der Waals surface area contributed by atoms with Crippen LogP contribution < -0.4 is 0 Å². The maximum atomic E-state index is 4.66. The Morgan fingerprint density at radius 2 is 1.41 bits per heavy atom. The highest BCUT2D eigenvalue weighted by molar-refractivity contribution is 6.11. The molecule has 0 atom stereocenters. The van der Waals surface area contributed by atoms with Crippen LogP contribution in [0.1, 0.15) is 56.2 Å². The van der Waals surface area contributed by atoms with Crippen molar-refractivity contribution in [2.75, 3.05) is 0 Å². The Kier molecular flexibility index (Phi) is 4.47. The van der Waals surface area contributed by atoms with Crippen molar-refractivity contribution < 1.29 is 0 Å². The van der Waals surface area contributed by atoms with Crippen molar-refractivity contribution in [1.82, 2.24) is 4.98 Å². The van der Waals surface area contributed by atoms with Gasteiger partial charge in [0.1, 0.15) is 0 Å². The van der Waals surface area contributed by atoms with Gasteiger partial charge >= 0.3 is 0 Å². The summed E-state index contributed by atoms with van der Waals surface area (Å²) >= 11 is 0. The van der Waals surface area contributed by atoms with Crippen LogP contribution in [-0.4, -0.2) is 4.98 Å². The minimum absolute atomic E-state index is 0.474. The molecule has 0 bridgehead atoms. The van der Waals surface area contributed by atoms with Gasteiger partial charge in [-0.05, 0) is 75.2 Å². The quantitative estimate of drug-likeness (QED) is 0.345. The Bertz CT molecular complexity index is 1140. The molecule has 136 valence electrons. The van der Waals surface area contributed by atoms with Gasteiger partial charge in [0.25, 0.3) is 0 Å². The zero-order chi connectivity index (χ0) is 19.1. The van der Waals surface area contributed by atoms with E-state index in [0.29, 0.717) is 11.8 Å². The highest BCUT2D eigenvalue weighted by Crippen LogP contribution is 2.38. The molecule has 0 fully saturated rings. The number of rotatable bonds is 3. The van der Waals surface area contributed by atoms with Gasteiger partial charge in [-0.25, -0.2) is 0 Å². The maximum Gasteiger partial charge on any atom is 0.0705 e. The van der Waals surface area contributed by atoms with Gasteiger partial charge in [0.2, 0.25) is 0 Å². The van der Waals surface area contributed by atoms with Crippen LogP contribution in [0.2, 0.25) is 0 Å². The van der Waals surface area contributed by atoms with Crippen LogP contribution >= 0.6 is 0 Å². The smallest absolute Gasteiger partial charge is 0.0705 e. The fourth-order valence-corrected chi connectivity index (χ4v) is 4.26. The highest BCUT2D eigenvalue weighted by atomic mass is 14.7. The van der Waals surface area contributed by atoms with E-state index < -0.39 is 0 Å². The zero-order valence-corrected chi connectivity index (χ0v) is 16.9. The topological polar surface area (TPSA) is 12.9 Å². The third-order valence-electron chi connectivity index (χ3n) is 5.66. The van der Waals surface area contributed by atoms with E-state index >= 15 is 0 Å². The van der Waals surface area contributed by atoms with Crippen LogP contribution in [-0.2, 0) is 0 Å². The number of hydrogen-bond donors (Lipinski definition) is 0. The first-order chi connectivity index (χ1) is 13.0. The van der Waals surface area contributed by atoms with E-state index in [4.69, 9.17) is 0 Å². The molecular weight excluding hydrogens is 326 g/mol. The summed E-state index contributed by atoms with van der Waals surface area (Å²) < 4.78 is 0. The molecule has 1 nitrogen and oxygen atoms in total. The number of aryl methyl sites for hydroxylation is 1. The molecule has 0 aliphatic carbocycles. The van der Waals surface area contributed by atoms with E-state index in [-0.39, 0.29) is 0 Å². The minimum atomic E-state index is 0.474. The summed E-state index contributed by atoms with van der Waals surface area (Å²) in [4.78, 5) is 4.66. The summed E-state index contributed by atoms with van der Waals surface area (Å²) in [5.41, 5.74) is 6.43. The fourth-order valence-electron chi connectivity index (χ4n) is 4.26. The van der Waals surface area contributed by atoms with Crippen LogP contribution in [0.5, 0.6) is 0 Å². The summed E-state index contributed by atoms with van der Waals surface area (Å²) in [7, 11) is 0. The molecule has 0 aliphatic heterocycles. The van der Waals surface area contributed by atoms with Crippen molar-refractivity contribution in [2.24, 2.45) is 0 Å². The van der Waals surface area contributed by atoms with Crippen LogP contribution in [0.4, 0.5) is 0 Å². The molecule has 0 saturated heterocycles. The van der Waals surface area contributed by atoms with Gasteiger partial charge < -0.3 is 0 Å². The first-order valence-corrected chi connectivity index (χ1v) is 9.88. The second-order valence-electron chi connectivity index (χ2n) is 8.13. The monoisotopic (exact) mass is 353 g/mol. The van der Waals surface area contributed by atoms with Gasteiger partial charge in [-0.2, -0.15) is 0 Å². The summed E-state index contributed by atoms with van der Waals surface area (Å²) in [5, 5.41) is 5.39. The van der Waals surface area contributed by atoms with Gasteiger partial charge in [0, 0.05) is 11.8 Å². The highest BCUT2D eigenvalue weighted by Gasteiger charge is 2.15. The van der Waals surface area contributed by atoms with Crippen LogP contribution in [0.3, 0.4) is 0 Å². The Labute approximate surface area is 162 Å². The third-order valence-corrected chi connectivity index (χ3v) is 5.66. The van der Waals surface area contributed by atoms with Gasteiger partial charge in [-0.1, -0.05) is 64.1 Å². The Balaban J connectivity index is 2.03. The van der Waals surface area contributed by atoms with E-state index in [1.54, 1.807) is 0 Å². The second kappa shape index (κ2) is 6.81. The normalized spacial score (nSPS) is 11.8. The number of pyridine rings is 1. The molecule has 0 saturated carbocycles. The Morgan fingerprint density at radius 1 is 0.704 bits per heavy atom. The van der Waals surface area contributed by atoms with Crippen LogP contribution in [0, 0.1) is 6.92 Å². The molecule has 0 unspecified atom stereocenters. The van der Waals surface area contributed by atoms with Gasteiger partial charge in [-0.3, -0.25) is 4.98 Å². The predicted octanol–water partition coefficient (Wildman–Crippen LogP) is 7.61. The van der Waals surface area contributed by atoms with E-state index in [1.165, 1.54) is 43.8 Å². The van der Waals surface area contributed by atoms with Crippen molar-refractivity contribution in [3.63, 3.8) is 0 Å². The van der Waals surface area contributed by atoms with Crippen molar-refractivity contribution >= 4 is 21.5 Å². The number of fused-ring (bicyclic) bond motifs is 3. The molecule has 1 aromatic heterocycles. The molecular formula is C26H27N. The summed E-state index contributed by atoms with van der Waals surface area (Å²) in [5.74, 6) is 0.979. The zero-order valence-electron chi connectivity index (χ0n) is 16.9. The molecule has 3 aromatic carbocycles. The van der Waals surface area contributed by atoms with Gasteiger partial charge in [0.05, 0.1) is 5.69 Å². The number of nitrogens with zero attached hydrogens (tertiary/aromatic N) is 1. The lowest BCUT2D eigenvalue weighted by Gasteiger charge is -2.18. The standard InChI is InChI=1S/C26H27N/c1-16(2)19-12-13-27-25(15-19)20-10-11-23-22-9-7-6-8-21(22)18(5)26(17(3)4)24(23)14-20/h6-17H,1-5H3. The number of aromatic nitrogens is 1. The van der Waals surface area contributed by atoms with E-state index in [1.807, 2.05) is 6.20 Å². The van der Waals surface area contributed by atoms with Crippen molar-refractivity contribution in [3.05, 3.63) is 77.5 Å². The molecule has 0 radical (unpaired) electrons. The molecule has 0 N–H and O–H groups in total. The SMILES string of the molecule is Cc1c(C(C)C)c2cc(-c3cc(C(C)C)ccn3)ccc2c2ccccc12. The molecule has 1 heteroatoms. The maximum absolute atomic E-state index is 4.66. The Hall–Kier alpha value is -2.67. The number of hydrogen-bond acceptors (Lipinski definition) is 1. The van der Waals surface area contributed by atoms with Crippen molar-refractivity contribution in [1.29, 1.82) is 0 Å². The largest absolute Gasteiger partial charge is 0.256 e. The molecule has 0 amide bonds. The summed E-state index contributed by atoms with van der Waals surface area (Å²) in [6.07, 6.45) is 1.93. The molecule has 0 aliphatic rings. The molecule has 1 heterocycles. The average molecular weight is 354 g/mol. The van der Waals surface area contributed by atoms with E-state index in [9.17, 15) is 0 Å². The summed E-state index contributed by atoms with van der Waals surface area (Å²) in [6.45, 7) is 11.3. The van der Waals surface area contributed by atoms with Gasteiger partial charge in [0.15, 0.2) is 0 Å². The van der Waals surface area contributed by atoms with E-state index in [0.717, 1.165) is 5.69 Å². The lowest BCUT2D eigenvalue weighted by Crippen LogP contribution is -1.97. The molecule has 4 rings (SSSR count). The second-order valence-corrected chi connectivity index (χ2v) is 8.13. The third kappa shape index (κ3) is 3.02. The minimum Gasteiger partial charge on any atom is -0.256 e. The van der Waals surface area contributed by atoms with Crippen molar-refractivity contribution in [3.8, 4) is 11.3 Å². The first kappa shape index (κ1) is 17.7. The molecule has 27 heavy (non-hydrogen) atoms. The van der Waals surface area contributed by atoms with Gasteiger partial charge in [-0.15, -0.1) is 0 Å². The number of benzene rings is 3. The molecule has 4 aromatic rings. The predicted molar refractivity (Wildman–Crippen MR) is 118 cm³/mol. The lowest BCUT2D eigenvalue weighted by molar-refractivity contribution is 0.863.